The molecule has 2 aromatic rings. The lowest BCUT2D eigenvalue weighted by atomic mass is 10.3. The molecule has 1 aromatic heterocycles. The molecule has 1 heterocycles. The Labute approximate surface area is 138 Å². The van der Waals surface area contributed by atoms with Gasteiger partial charge in [-0.2, -0.15) is 0 Å². The third-order valence-corrected chi connectivity index (χ3v) is 3.48. The van der Waals surface area contributed by atoms with E-state index in [-0.39, 0.29) is 5.91 Å². The zero-order chi connectivity index (χ0) is 15.9. The number of hydrogen-bond acceptors (Lipinski definition) is 4. The van der Waals surface area contributed by atoms with E-state index >= 15 is 0 Å². The third kappa shape index (κ3) is 4.80. The number of carbonyl (C=O) groups is 1. The lowest BCUT2D eigenvalue weighted by Gasteiger charge is -2.09. The zero-order valence-corrected chi connectivity index (χ0v) is 14.3. The van der Waals surface area contributed by atoms with E-state index in [1.165, 1.54) is 0 Å². The highest BCUT2D eigenvalue weighted by Crippen LogP contribution is 2.18. The number of aromatic nitrogens is 2. The Balaban J connectivity index is 2.14. The molecule has 0 fully saturated rings. The number of rotatable bonds is 6. The van der Waals surface area contributed by atoms with Crippen molar-refractivity contribution >= 4 is 33.5 Å². The monoisotopic (exact) mass is 362 g/mol. The van der Waals surface area contributed by atoms with Crippen LogP contribution >= 0.6 is 15.9 Å². The number of halogens is 1. The molecule has 0 aliphatic heterocycles. The van der Waals surface area contributed by atoms with Crippen LogP contribution in [0.4, 0.5) is 11.6 Å². The van der Waals surface area contributed by atoms with E-state index in [4.69, 9.17) is 0 Å². The normalized spacial score (nSPS) is 10.3. The summed E-state index contributed by atoms with van der Waals surface area (Å²) in [4.78, 5) is 20.7. The number of carbonyl (C=O) groups excluding carboxylic acids is 1. The lowest BCUT2D eigenvalue weighted by Crippen LogP contribution is -2.25. The quantitative estimate of drug-likeness (QED) is 0.766. The maximum atomic E-state index is 12.1. The minimum Gasteiger partial charge on any atom is -0.351 e. The van der Waals surface area contributed by atoms with Crippen molar-refractivity contribution in [1.29, 1.82) is 0 Å². The van der Waals surface area contributed by atoms with Crippen LogP contribution in [0.15, 0.2) is 34.8 Å². The van der Waals surface area contributed by atoms with Gasteiger partial charge >= 0.3 is 0 Å². The van der Waals surface area contributed by atoms with Crippen LogP contribution < -0.4 is 10.6 Å². The summed E-state index contributed by atoms with van der Waals surface area (Å²) in [7, 11) is 0. The summed E-state index contributed by atoms with van der Waals surface area (Å²) in [6, 6.07) is 9.38. The largest absolute Gasteiger partial charge is 0.351 e. The average molecular weight is 363 g/mol. The van der Waals surface area contributed by atoms with Crippen molar-refractivity contribution in [3.8, 4) is 0 Å². The summed E-state index contributed by atoms with van der Waals surface area (Å²) >= 11 is 3.42. The second-order valence-electron chi connectivity index (χ2n) is 4.96. The van der Waals surface area contributed by atoms with Gasteiger partial charge in [0.1, 0.15) is 5.69 Å². The summed E-state index contributed by atoms with van der Waals surface area (Å²) in [6.07, 6.45) is 2.00. The molecule has 116 valence electrons. The predicted octanol–water partition coefficient (Wildman–Crippen LogP) is 3.82. The van der Waals surface area contributed by atoms with E-state index in [2.05, 4.69) is 43.5 Å². The fourth-order valence-electron chi connectivity index (χ4n) is 1.91. The van der Waals surface area contributed by atoms with Crippen LogP contribution in [0.1, 0.15) is 35.9 Å². The van der Waals surface area contributed by atoms with E-state index in [0.29, 0.717) is 18.2 Å². The van der Waals surface area contributed by atoms with Gasteiger partial charge in [0, 0.05) is 22.4 Å². The van der Waals surface area contributed by atoms with Crippen molar-refractivity contribution in [2.75, 3.05) is 11.9 Å². The van der Waals surface area contributed by atoms with Gasteiger partial charge in [0.05, 0.1) is 0 Å². The van der Waals surface area contributed by atoms with Crippen LogP contribution in [-0.4, -0.2) is 22.4 Å². The Hall–Kier alpha value is -1.95. The molecule has 1 amide bonds. The number of anilines is 2. The summed E-state index contributed by atoms with van der Waals surface area (Å²) in [5.74, 6) is 0.245. The molecule has 0 aliphatic carbocycles. The Bertz CT molecular complexity index is 660. The van der Waals surface area contributed by atoms with Crippen LogP contribution in [-0.2, 0) is 0 Å². The first-order valence-electron chi connectivity index (χ1n) is 7.25. The second-order valence-corrected chi connectivity index (χ2v) is 5.88. The molecule has 2 rings (SSSR count). The fraction of sp³-hybridized carbons (Fsp3) is 0.312. The van der Waals surface area contributed by atoms with Gasteiger partial charge in [0.25, 0.3) is 5.91 Å². The Morgan fingerprint density at radius 1 is 1.27 bits per heavy atom. The smallest absolute Gasteiger partial charge is 0.270 e. The minimum atomic E-state index is -0.170. The SMILES string of the molecule is CCCCNC(=O)c1cc(C)nc(Nc2cccc(Br)c2)n1. The lowest BCUT2D eigenvalue weighted by molar-refractivity contribution is 0.0948. The molecule has 0 radical (unpaired) electrons. The summed E-state index contributed by atoms with van der Waals surface area (Å²) in [5, 5.41) is 5.98. The summed E-state index contributed by atoms with van der Waals surface area (Å²) < 4.78 is 0.961. The molecule has 0 spiro atoms. The van der Waals surface area contributed by atoms with Gasteiger partial charge in [-0.1, -0.05) is 35.3 Å². The molecule has 0 saturated heterocycles. The first-order valence-corrected chi connectivity index (χ1v) is 8.04. The predicted molar refractivity (Wildman–Crippen MR) is 91.4 cm³/mol. The summed E-state index contributed by atoms with van der Waals surface area (Å²) in [5.41, 5.74) is 1.98. The van der Waals surface area contributed by atoms with Gasteiger partial charge in [0.2, 0.25) is 5.95 Å². The van der Waals surface area contributed by atoms with Crippen LogP contribution in [0.3, 0.4) is 0 Å². The fourth-order valence-corrected chi connectivity index (χ4v) is 2.30. The maximum absolute atomic E-state index is 12.1. The van der Waals surface area contributed by atoms with Crippen LogP contribution in [0, 0.1) is 6.92 Å². The summed E-state index contributed by atoms with van der Waals surface area (Å²) in [6.45, 7) is 4.59. The number of unbranched alkanes of at least 4 members (excludes halogenated alkanes) is 1. The molecule has 6 heteroatoms. The molecule has 0 atom stereocenters. The molecular weight excluding hydrogens is 344 g/mol. The molecule has 0 aliphatic rings. The average Bonchev–Trinajstić information content (AvgIpc) is 2.46. The molecule has 2 N–H and O–H groups in total. The first-order chi connectivity index (χ1) is 10.6. The molecule has 1 aromatic carbocycles. The number of aryl methyl sites for hydroxylation is 1. The van der Waals surface area contributed by atoms with Gasteiger partial charge in [-0.25, -0.2) is 9.97 Å². The van der Waals surface area contributed by atoms with E-state index in [1.807, 2.05) is 31.2 Å². The Kier molecular flexibility index (Phi) is 5.89. The van der Waals surface area contributed by atoms with E-state index in [0.717, 1.165) is 28.7 Å². The highest BCUT2D eigenvalue weighted by Gasteiger charge is 2.10. The molecular formula is C16H19BrN4O. The topological polar surface area (TPSA) is 66.9 Å². The van der Waals surface area contributed by atoms with Crippen molar-refractivity contribution in [3.05, 3.63) is 46.2 Å². The van der Waals surface area contributed by atoms with Gasteiger partial charge in [0.15, 0.2) is 0 Å². The number of amides is 1. The molecule has 5 nitrogen and oxygen atoms in total. The molecule has 22 heavy (non-hydrogen) atoms. The van der Waals surface area contributed by atoms with Gasteiger partial charge in [-0.15, -0.1) is 0 Å². The standard InChI is InChI=1S/C16H19BrN4O/c1-3-4-8-18-15(22)14-9-11(2)19-16(21-14)20-13-7-5-6-12(17)10-13/h5-7,9-10H,3-4,8H2,1-2H3,(H,18,22)(H,19,20,21). The van der Waals surface area contributed by atoms with Crippen molar-refractivity contribution in [3.63, 3.8) is 0 Å². The van der Waals surface area contributed by atoms with Crippen molar-refractivity contribution in [1.82, 2.24) is 15.3 Å². The van der Waals surface area contributed by atoms with Crippen molar-refractivity contribution in [2.45, 2.75) is 26.7 Å². The van der Waals surface area contributed by atoms with Gasteiger partial charge in [-0.05, 0) is 37.6 Å². The number of hydrogen-bond donors (Lipinski definition) is 2. The molecule has 0 bridgehead atoms. The maximum Gasteiger partial charge on any atom is 0.270 e. The number of nitrogens with one attached hydrogen (secondary N) is 2. The Morgan fingerprint density at radius 3 is 2.82 bits per heavy atom. The highest BCUT2D eigenvalue weighted by atomic mass is 79.9. The van der Waals surface area contributed by atoms with Crippen LogP contribution in [0.5, 0.6) is 0 Å². The van der Waals surface area contributed by atoms with Crippen molar-refractivity contribution in [2.24, 2.45) is 0 Å². The minimum absolute atomic E-state index is 0.170. The number of nitrogens with zero attached hydrogens (tertiary/aromatic N) is 2. The van der Waals surface area contributed by atoms with Gasteiger partial charge < -0.3 is 10.6 Å². The molecule has 0 saturated carbocycles. The van der Waals surface area contributed by atoms with E-state index < -0.39 is 0 Å². The zero-order valence-electron chi connectivity index (χ0n) is 12.7. The Morgan fingerprint density at radius 2 is 2.09 bits per heavy atom. The highest BCUT2D eigenvalue weighted by molar-refractivity contribution is 9.10. The first kappa shape index (κ1) is 16.4. The second kappa shape index (κ2) is 7.89. The third-order valence-electron chi connectivity index (χ3n) is 2.98. The number of benzene rings is 1. The van der Waals surface area contributed by atoms with E-state index in [9.17, 15) is 4.79 Å². The van der Waals surface area contributed by atoms with Crippen LogP contribution in [0.25, 0.3) is 0 Å². The van der Waals surface area contributed by atoms with E-state index in [1.54, 1.807) is 6.07 Å². The molecule has 0 unspecified atom stereocenters. The van der Waals surface area contributed by atoms with Crippen LogP contribution in [0.2, 0.25) is 0 Å². The van der Waals surface area contributed by atoms with Gasteiger partial charge in [-0.3, -0.25) is 4.79 Å². The van der Waals surface area contributed by atoms with Crippen molar-refractivity contribution < 1.29 is 4.79 Å².